The molecule has 3 heterocycles. The van der Waals surface area contributed by atoms with Crippen LogP contribution in [0.15, 0.2) is 29.2 Å². The summed E-state index contributed by atoms with van der Waals surface area (Å²) in [7, 11) is 1.92. The molecule has 6 N–H and O–H groups in total. The van der Waals surface area contributed by atoms with Crippen LogP contribution >= 0.6 is 0 Å². The third-order valence-corrected chi connectivity index (χ3v) is 5.78. The Morgan fingerprint density at radius 1 is 1.41 bits per heavy atom. The van der Waals surface area contributed by atoms with Gasteiger partial charge in [-0.2, -0.15) is 0 Å². The van der Waals surface area contributed by atoms with E-state index in [1.54, 1.807) is 6.92 Å². The predicted molar refractivity (Wildman–Crippen MR) is 110 cm³/mol. The molecule has 3 aromatic rings. The molecule has 0 saturated carbocycles. The number of rotatable bonds is 4. The molecule has 2 atom stereocenters. The number of nitrogens with zero attached hydrogens (tertiary/aromatic N) is 1. The Morgan fingerprint density at radius 3 is 2.83 bits per heavy atom. The summed E-state index contributed by atoms with van der Waals surface area (Å²) in [6, 6.07) is 6.16. The van der Waals surface area contributed by atoms with Crippen LogP contribution in [0.5, 0.6) is 5.75 Å². The number of aromatic nitrogens is 2. The third-order valence-electron chi connectivity index (χ3n) is 5.78. The highest BCUT2D eigenvalue weighted by atomic mass is 16.4. The number of H-pyrrole nitrogens is 1. The maximum Gasteiger partial charge on any atom is 0.345 e. The first kappa shape index (κ1) is 19.2. The summed E-state index contributed by atoms with van der Waals surface area (Å²) in [5.41, 5.74) is 9.64. The fourth-order valence-electron chi connectivity index (χ4n) is 4.38. The van der Waals surface area contributed by atoms with Gasteiger partial charge in [-0.05, 0) is 43.7 Å². The summed E-state index contributed by atoms with van der Waals surface area (Å²) < 4.78 is 2.09. The van der Waals surface area contributed by atoms with Gasteiger partial charge in [-0.15, -0.1) is 0 Å². The first-order valence-electron chi connectivity index (χ1n) is 9.64. The second-order valence-electron chi connectivity index (χ2n) is 7.49. The molecule has 8 heteroatoms. The number of carboxylic acid groups (broad SMARTS) is 1. The molecule has 0 radical (unpaired) electrons. The second kappa shape index (κ2) is 7.06. The third kappa shape index (κ3) is 3.01. The number of carboxylic acids is 1. The molecule has 0 aliphatic heterocycles. The van der Waals surface area contributed by atoms with E-state index in [2.05, 4.69) is 20.8 Å². The van der Waals surface area contributed by atoms with Gasteiger partial charge in [0.05, 0.1) is 5.69 Å². The van der Waals surface area contributed by atoms with Crippen LogP contribution in [-0.2, 0) is 12.8 Å². The number of hydrogen-bond acceptors (Lipinski definition) is 5. The van der Waals surface area contributed by atoms with Crippen LogP contribution < -0.4 is 16.6 Å². The van der Waals surface area contributed by atoms with Crippen molar-refractivity contribution in [1.82, 2.24) is 14.7 Å². The number of carbonyl (C=O) groups is 1. The van der Waals surface area contributed by atoms with Gasteiger partial charge in [0.25, 0.3) is 5.56 Å². The van der Waals surface area contributed by atoms with E-state index in [-0.39, 0.29) is 12.1 Å². The van der Waals surface area contributed by atoms with Crippen molar-refractivity contribution < 1.29 is 15.0 Å². The van der Waals surface area contributed by atoms with Gasteiger partial charge in [0.1, 0.15) is 5.75 Å². The molecule has 29 heavy (non-hydrogen) atoms. The predicted octanol–water partition coefficient (Wildman–Crippen LogP) is 1.79. The average molecular weight is 396 g/mol. The van der Waals surface area contributed by atoms with Crippen molar-refractivity contribution in [3.63, 3.8) is 0 Å². The molecular weight excluding hydrogens is 372 g/mol. The Bertz CT molecular complexity index is 1180. The van der Waals surface area contributed by atoms with E-state index >= 15 is 0 Å². The number of aromatic carboxylic acids is 1. The van der Waals surface area contributed by atoms with E-state index in [9.17, 15) is 19.8 Å². The first-order valence-corrected chi connectivity index (χ1v) is 9.64. The Hall–Kier alpha value is -3.10. The van der Waals surface area contributed by atoms with E-state index in [4.69, 9.17) is 5.73 Å². The molecule has 0 amide bonds. The second-order valence-corrected chi connectivity index (χ2v) is 7.49. The highest BCUT2D eigenvalue weighted by Crippen LogP contribution is 2.35. The smallest absolute Gasteiger partial charge is 0.345 e. The van der Waals surface area contributed by atoms with Crippen molar-refractivity contribution in [2.45, 2.75) is 38.3 Å². The molecule has 1 aliphatic rings. The molecule has 0 saturated heterocycles. The number of aromatic amines is 1. The van der Waals surface area contributed by atoms with Crippen LogP contribution in [0.3, 0.4) is 0 Å². The summed E-state index contributed by atoms with van der Waals surface area (Å²) in [4.78, 5) is 26.2. The van der Waals surface area contributed by atoms with E-state index < -0.39 is 22.8 Å². The summed E-state index contributed by atoms with van der Waals surface area (Å²) >= 11 is 0. The molecular formula is C21H24N4O4. The van der Waals surface area contributed by atoms with Gasteiger partial charge < -0.3 is 30.6 Å². The average Bonchev–Trinajstić information content (AvgIpc) is 3.04. The molecule has 0 bridgehead atoms. The highest BCUT2D eigenvalue weighted by Gasteiger charge is 2.27. The largest absolute Gasteiger partial charge is 0.506 e. The van der Waals surface area contributed by atoms with Crippen LogP contribution in [0.2, 0.25) is 0 Å². The minimum absolute atomic E-state index is 0.0845. The van der Waals surface area contributed by atoms with Crippen molar-refractivity contribution in [1.29, 1.82) is 0 Å². The van der Waals surface area contributed by atoms with Crippen LogP contribution in [0.1, 0.15) is 46.6 Å². The Labute approximate surface area is 167 Å². The molecule has 2 unspecified atom stereocenters. The molecule has 3 aromatic heterocycles. The number of aromatic hydroxyl groups is 1. The standard InChI is InChI=1S/C21H24N4O4/c1-3-13-18(24-20(27)17(19(13)26)21(28)29)10-4-5-25-12(6-10)9-14-15(23-2)7-11(22)8-16(14)25/h4-6,9,11,15,23H,3,7-8,22H2,1-2H3,(H,28,29)(H2,24,26,27). The number of hydrogen-bond donors (Lipinski definition) is 5. The zero-order chi connectivity index (χ0) is 20.9. The summed E-state index contributed by atoms with van der Waals surface area (Å²) in [6.45, 7) is 1.80. The molecule has 8 nitrogen and oxygen atoms in total. The van der Waals surface area contributed by atoms with Crippen LogP contribution in [0.4, 0.5) is 0 Å². The lowest BCUT2D eigenvalue weighted by Crippen LogP contribution is -2.35. The van der Waals surface area contributed by atoms with Gasteiger partial charge in [0.2, 0.25) is 0 Å². The van der Waals surface area contributed by atoms with Gasteiger partial charge in [-0.25, -0.2) is 4.79 Å². The zero-order valence-electron chi connectivity index (χ0n) is 16.3. The normalized spacial score (nSPS) is 18.7. The summed E-state index contributed by atoms with van der Waals surface area (Å²) in [5.74, 6) is -1.93. The highest BCUT2D eigenvalue weighted by molar-refractivity contribution is 5.92. The van der Waals surface area contributed by atoms with E-state index in [1.165, 1.54) is 5.56 Å². The van der Waals surface area contributed by atoms with Gasteiger partial charge in [0.15, 0.2) is 5.56 Å². The Morgan fingerprint density at radius 2 is 2.17 bits per heavy atom. The van der Waals surface area contributed by atoms with E-state index in [0.29, 0.717) is 23.2 Å². The van der Waals surface area contributed by atoms with Crippen molar-refractivity contribution in [2.75, 3.05) is 7.05 Å². The molecule has 0 fully saturated rings. The lowest BCUT2D eigenvalue weighted by molar-refractivity contribution is 0.0691. The summed E-state index contributed by atoms with van der Waals surface area (Å²) in [5, 5.41) is 22.9. The topological polar surface area (TPSA) is 133 Å². The van der Waals surface area contributed by atoms with Gasteiger partial charge >= 0.3 is 5.97 Å². The molecule has 4 rings (SSSR count). The summed E-state index contributed by atoms with van der Waals surface area (Å²) in [6.07, 6.45) is 3.95. The van der Waals surface area contributed by atoms with Crippen molar-refractivity contribution in [2.24, 2.45) is 5.73 Å². The number of fused-ring (bicyclic) bond motifs is 3. The van der Waals surface area contributed by atoms with Crippen LogP contribution in [0, 0.1) is 0 Å². The lowest BCUT2D eigenvalue weighted by Gasteiger charge is -2.27. The van der Waals surface area contributed by atoms with Crippen LogP contribution in [-0.4, -0.2) is 38.7 Å². The molecule has 1 aliphatic carbocycles. The quantitative estimate of drug-likeness (QED) is 0.457. The monoisotopic (exact) mass is 396 g/mol. The fraction of sp³-hybridized carbons (Fsp3) is 0.333. The minimum atomic E-state index is -1.45. The molecule has 0 spiro atoms. The Kier molecular flexibility index (Phi) is 4.68. The molecule has 152 valence electrons. The minimum Gasteiger partial charge on any atom is -0.506 e. The number of nitrogens with one attached hydrogen (secondary N) is 2. The van der Waals surface area contributed by atoms with Gasteiger partial charge in [0, 0.05) is 47.0 Å². The zero-order valence-corrected chi connectivity index (χ0v) is 16.3. The Balaban J connectivity index is 1.90. The lowest BCUT2D eigenvalue weighted by atomic mass is 9.89. The van der Waals surface area contributed by atoms with E-state index in [1.807, 2.05) is 25.4 Å². The fourth-order valence-corrected chi connectivity index (χ4v) is 4.38. The van der Waals surface area contributed by atoms with Crippen LogP contribution in [0.25, 0.3) is 16.8 Å². The number of pyridine rings is 2. The van der Waals surface area contributed by atoms with Gasteiger partial charge in [-0.1, -0.05) is 6.92 Å². The first-order chi connectivity index (χ1) is 13.8. The van der Waals surface area contributed by atoms with Gasteiger partial charge in [-0.3, -0.25) is 4.79 Å². The van der Waals surface area contributed by atoms with E-state index in [0.717, 1.165) is 24.1 Å². The SMILES string of the molecule is CCc1c(-c2ccn3c4c(cc3c2)C(NC)CC(N)C4)[nH]c(=O)c(C(=O)O)c1O. The van der Waals surface area contributed by atoms with Crippen molar-refractivity contribution in [3.8, 4) is 17.0 Å². The maximum absolute atomic E-state index is 12.3. The van der Waals surface area contributed by atoms with Crippen molar-refractivity contribution in [3.05, 3.63) is 57.1 Å². The maximum atomic E-state index is 12.3. The number of nitrogens with two attached hydrogens (primary N) is 1. The molecule has 0 aromatic carbocycles. The van der Waals surface area contributed by atoms with Crippen molar-refractivity contribution >= 4 is 11.5 Å².